The lowest BCUT2D eigenvalue weighted by Crippen LogP contribution is -2.43. The maximum atomic E-state index is 12.1. The predicted octanol–water partition coefficient (Wildman–Crippen LogP) is 1.60. The van der Waals surface area contributed by atoms with Crippen LogP contribution < -0.4 is 10.1 Å². The Hall–Kier alpha value is -2.62. The largest absolute Gasteiger partial charge is 0.573 e. The molecule has 0 bridgehead atoms. The molecule has 1 atom stereocenters. The summed E-state index contributed by atoms with van der Waals surface area (Å²) < 4.78 is 40.1. The van der Waals surface area contributed by atoms with E-state index in [9.17, 15) is 27.6 Å². The maximum absolute atomic E-state index is 12.1. The van der Waals surface area contributed by atoms with E-state index in [2.05, 4.69) is 10.1 Å². The van der Waals surface area contributed by atoms with Gasteiger partial charge in [0.2, 0.25) is 17.7 Å². The van der Waals surface area contributed by atoms with Crippen molar-refractivity contribution in [3.8, 4) is 5.75 Å². The molecule has 0 saturated carbocycles. The van der Waals surface area contributed by atoms with E-state index in [-0.39, 0.29) is 37.0 Å². The summed E-state index contributed by atoms with van der Waals surface area (Å²) in [4.78, 5) is 38.5. The van der Waals surface area contributed by atoms with Crippen molar-refractivity contribution in [2.75, 3.05) is 25.5 Å². The van der Waals surface area contributed by atoms with Crippen molar-refractivity contribution >= 4 is 23.4 Å². The molecule has 1 aromatic rings. The third kappa shape index (κ3) is 4.94. The van der Waals surface area contributed by atoms with Gasteiger partial charge < -0.3 is 10.1 Å². The highest BCUT2D eigenvalue weighted by molar-refractivity contribution is 6.05. The average molecular weight is 373 g/mol. The van der Waals surface area contributed by atoms with E-state index in [1.165, 1.54) is 17.0 Å². The van der Waals surface area contributed by atoms with E-state index in [0.717, 1.165) is 17.0 Å². The quantitative estimate of drug-likeness (QED) is 0.767. The number of benzene rings is 1. The molecule has 3 amide bonds. The molecule has 0 spiro atoms. The normalized spacial score (nSPS) is 17.8. The number of likely N-dealkylation sites (N-methyl/N-ethyl adjacent to an activating group) is 2. The van der Waals surface area contributed by atoms with Gasteiger partial charge in [0.1, 0.15) is 5.75 Å². The molecule has 1 heterocycles. The number of likely N-dealkylation sites (tertiary alicyclic amines) is 1. The topological polar surface area (TPSA) is 79.0 Å². The van der Waals surface area contributed by atoms with E-state index in [0.29, 0.717) is 0 Å². The molecule has 7 nitrogen and oxygen atoms in total. The molecule has 1 aromatic carbocycles. The Balaban J connectivity index is 1.90. The summed E-state index contributed by atoms with van der Waals surface area (Å²) in [5.41, 5.74) is 0.280. The summed E-state index contributed by atoms with van der Waals surface area (Å²) in [5.74, 6) is -1.49. The maximum Gasteiger partial charge on any atom is 0.573 e. The summed E-state index contributed by atoms with van der Waals surface area (Å²) in [5, 5.41) is 2.51. The fourth-order valence-corrected chi connectivity index (χ4v) is 2.62. The van der Waals surface area contributed by atoms with Gasteiger partial charge in [0.05, 0.1) is 19.0 Å². The Morgan fingerprint density at radius 1 is 1.31 bits per heavy atom. The number of hydrogen-bond acceptors (Lipinski definition) is 5. The highest BCUT2D eigenvalue weighted by atomic mass is 19.4. The molecule has 142 valence electrons. The summed E-state index contributed by atoms with van der Waals surface area (Å²) >= 11 is 0. The molecular weight excluding hydrogens is 355 g/mol. The van der Waals surface area contributed by atoms with Crippen LogP contribution in [0.1, 0.15) is 13.3 Å². The van der Waals surface area contributed by atoms with Crippen LogP contribution in [-0.2, 0) is 14.4 Å². The van der Waals surface area contributed by atoms with Crippen LogP contribution in [0.25, 0.3) is 0 Å². The highest BCUT2D eigenvalue weighted by Crippen LogP contribution is 2.24. The van der Waals surface area contributed by atoms with Crippen molar-refractivity contribution in [1.82, 2.24) is 9.80 Å². The van der Waals surface area contributed by atoms with Crippen LogP contribution in [-0.4, -0.2) is 60.1 Å². The summed E-state index contributed by atoms with van der Waals surface area (Å²) in [6, 6.07) is 3.98. The zero-order valence-electron chi connectivity index (χ0n) is 14.2. The monoisotopic (exact) mass is 373 g/mol. The molecule has 1 saturated heterocycles. The highest BCUT2D eigenvalue weighted by Gasteiger charge is 2.40. The number of imide groups is 1. The molecule has 10 heteroatoms. The lowest BCUT2D eigenvalue weighted by atomic mass is 10.2. The van der Waals surface area contributed by atoms with Crippen molar-refractivity contribution < 1.29 is 32.3 Å². The van der Waals surface area contributed by atoms with Crippen molar-refractivity contribution in [3.05, 3.63) is 24.3 Å². The Morgan fingerprint density at radius 3 is 2.42 bits per heavy atom. The lowest BCUT2D eigenvalue weighted by molar-refractivity contribution is -0.274. The Morgan fingerprint density at radius 2 is 1.92 bits per heavy atom. The molecule has 1 fully saturated rings. The number of rotatable bonds is 6. The summed E-state index contributed by atoms with van der Waals surface area (Å²) in [6.07, 6.45) is -4.77. The number of alkyl halides is 3. The molecule has 1 aliphatic rings. The fraction of sp³-hybridized carbons (Fsp3) is 0.438. The molecule has 0 radical (unpaired) electrons. The Kier molecular flexibility index (Phi) is 5.86. The predicted molar refractivity (Wildman–Crippen MR) is 85.2 cm³/mol. The number of nitrogens with one attached hydrogen (secondary N) is 1. The number of anilines is 1. The molecular formula is C16H18F3N3O4. The van der Waals surface area contributed by atoms with Gasteiger partial charge >= 0.3 is 6.36 Å². The van der Waals surface area contributed by atoms with Gasteiger partial charge in [-0.05, 0) is 38.2 Å². The van der Waals surface area contributed by atoms with Gasteiger partial charge in [-0.1, -0.05) is 0 Å². The fourth-order valence-electron chi connectivity index (χ4n) is 2.62. The second-order valence-corrected chi connectivity index (χ2v) is 5.73. The van der Waals surface area contributed by atoms with Gasteiger partial charge in [-0.3, -0.25) is 24.2 Å². The van der Waals surface area contributed by atoms with Gasteiger partial charge in [-0.2, -0.15) is 0 Å². The van der Waals surface area contributed by atoms with E-state index in [1.54, 1.807) is 14.0 Å². The minimum atomic E-state index is -4.79. The third-order valence-corrected chi connectivity index (χ3v) is 3.83. The Bertz CT molecular complexity index is 691. The van der Waals surface area contributed by atoms with Gasteiger partial charge in [0, 0.05) is 12.2 Å². The van der Waals surface area contributed by atoms with E-state index in [1.807, 2.05) is 0 Å². The number of carbonyl (C=O) groups is 3. The van der Waals surface area contributed by atoms with Crippen LogP contribution in [0.2, 0.25) is 0 Å². The number of amides is 3. The molecule has 1 N–H and O–H groups in total. The van der Waals surface area contributed by atoms with Crippen molar-refractivity contribution in [3.63, 3.8) is 0 Å². The van der Waals surface area contributed by atoms with Crippen LogP contribution >= 0.6 is 0 Å². The number of carbonyl (C=O) groups excluding carboxylic acids is 3. The number of ether oxygens (including phenoxy) is 1. The summed E-state index contributed by atoms with van der Waals surface area (Å²) in [6.45, 7) is 1.82. The first-order valence-corrected chi connectivity index (χ1v) is 7.81. The molecule has 0 aromatic heterocycles. The van der Waals surface area contributed by atoms with Crippen LogP contribution in [0.4, 0.5) is 18.9 Å². The standard InChI is InChI=1S/C16H18F3N3O4/c1-3-22-14(24)8-12(15(22)25)21(2)9-13(23)20-10-4-6-11(7-5-10)26-16(17,18)19/h4-7,12H,3,8-9H2,1-2H3,(H,20,23)/t12-/m0/s1. The Labute approximate surface area is 147 Å². The van der Waals surface area contributed by atoms with Gasteiger partial charge in [-0.25, -0.2) is 0 Å². The first kappa shape index (κ1) is 19.7. The average Bonchev–Trinajstić information content (AvgIpc) is 2.82. The van der Waals surface area contributed by atoms with Crippen molar-refractivity contribution in [2.24, 2.45) is 0 Å². The van der Waals surface area contributed by atoms with Crippen LogP contribution in [0, 0.1) is 0 Å². The number of hydrogen-bond donors (Lipinski definition) is 1. The van der Waals surface area contributed by atoms with Crippen LogP contribution in [0.3, 0.4) is 0 Å². The van der Waals surface area contributed by atoms with Crippen molar-refractivity contribution in [2.45, 2.75) is 25.7 Å². The van der Waals surface area contributed by atoms with E-state index >= 15 is 0 Å². The number of halogens is 3. The second-order valence-electron chi connectivity index (χ2n) is 5.73. The molecule has 0 aliphatic carbocycles. The van der Waals surface area contributed by atoms with Gasteiger partial charge in [0.15, 0.2) is 0 Å². The minimum absolute atomic E-state index is 0.0138. The SMILES string of the molecule is CCN1C(=O)C[C@H](N(C)CC(=O)Nc2ccc(OC(F)(F)F)cc2)C1=O. The first-order valence-electron chi connectivity index (χ1n) is 7.81. The molecule has 0 unspecified atom stereocenters. The smallest absolute Gasteiger partial charge is 0.406 e. The minimum Gasteiger partial charge on any atom is -0.406 e. The molecule has 1 aliphatic heterocycles. The lowest BCUT2D eigenvalue weighted by Gasteiger charge is -2.22. The van der Waals surface area contributed by atoms with E-state index in [4.69, 9.17) is 0 Å². The van der Waals surface area contributed by atoms with Crippen molar-refractivity contribution in [1.29, 1.82) is 0 Å². The van der Waals surface area contributed by atoms with Gasteiger partial charge in [-0.15, -0.1) is 13.2 Å². The van der Waals surface area contributed by atoms with Crippen LogP contribution in [0.15, 0.2) is 24.3 Å². The van der Waals surface area contributed by atoms with E-state index < -0.39 is 24.1 Å². The second kappa shape index (κ2) is 7.73. The molecule has 2 rings (SSSR count). The summed E-state index contributed by atoms with van der Waals surface area (Å²) in [7, 11) is 1.55. The third-order valence-electron chi connectivity index (χ3n) is 3.83. The van der Waals surface area contributed by atoms with Gasteiger partial charge in [0.25, 0.3) is 0 Å². The zero-order chi connectivity index (χ0) is 19.5. The molecule has 26 heavy (non-hydrogen) atoms. The van der Waals surface area contributed by atoms with Crippen LogP contribution in [0.5, 0.6) is 5.75 Å². The number of nitrogens with zero attached hydrogens (tertiary/aromatic N) is 2. The zero-order valence-corrected chi connectivity index (χ0v) is 14.2. The first-order chi connectivity index (χ1) is 12.1.